The topological polar surface area (TPSA) is 85.5 Å². The van der Waals surface area contributed by atoms with E-state index in [9.17, 15) is 9.59 Å². The van der Waals surface area contributed by atoms with Crippen molar-refractivity contribution in [3.8, 4) is 0 Å². The number of piperazine rings is 1. The van der Waals surface area contributed by atoms with Crippen LogP contribution < -0.4 is 21.3 Å². The summed E-state index contributed by atoms with van der Waals surface area (Å²) in [5.41, 5.74) is 0. The van der Waals surface area contributed by atoms with Crippen LogP contribution in [0.2, 0.25) is 0 Å². The zero-order valence-electron chi connectivity index (χ0n) is 12.4. The third-order valence-electron chi connectivity index (χ3n) is 4.64. The van der Waals surface area contributed by atoms with E-state index in [0.717, 1.165) is 45.6 Å². The fraction of sp³-hybridized carbons (Fsp3) is 0.857. The summed E-state index contributed by atoms with van der Waals surface area (Å²) in [4.78, 5) is 25.3. The molecule has 3 rings (SSSR count). The molecule has 3 aliphatic rings. The van der Waals surface area contributed by atoms with E-state index in [2.05, 4.69) is 26.2 Å². The predicted molar refractivity (Wildman–Crippen MR) is 78.6 cm³/mol. The van der Waals surface area contributed by atoms with Crippen molar-refractivity contribution < 1.29 is 9.59 Å². The number of carbonyl (C=O) groups excluding carboxylic acids is 2. The highest BCUT2D eigenvalue weighted by molar-refractivity contribution is 5.98. The van der Waals surface area contributed by atoms with Gasteiger partial charge in [-0.05, 0) is 12.8 Å². The number of piperidine rings is 2. The van der Waals surface area contributed by atoms with Crippen LogP contribution in [-0.4, -0.2) is 67.7 Å². The Morgan fingerprint density at radius 1 is 1.05 bits per heavy atom. The summed E-state index contributed by atoms with van der Waals surface area (Å²) in [6.45, 7) is 5.39. The first-order valence-electron chi connectivity index (χ1n) is 7.97. The monoisotopic (exact) mass is 295 g/mol. The highest BCUT2D eigenvalue weighted by Crippen LogP contribution is 2.15. The minimum absolute atomic E-state index is 0.0283. The van der Waals surface area contributed by atoms with Crippen molar-refractivity contribution in [1.29, 1.82) is 0 Å². The number of carbonyl (C=O) groups is 2. The summed E-state index contributed by atoms with van der Waals surface area (Å²) in [7, 11) is 0. The highest BCUT2D eigenvalue weighted by atomic mass is 16.2. The fourth-order valence-electron chi connectivity index (χ4n) is 3.52. The van der Waals surface area contributed by atoms with Crippen LogP contribution in [0.4, 0.5) is 0 Å². The lowest BCUT2D eigenvalue weighted by molar-refractivity contribution is -0.134. The van der Waals surface area contributed by atoms with Gasteiger partial charge in [-0.25, -0.2) is 0 Å². The van der Waals surface area contributed by atoms with Crippen LogP contribution in [0.5, 0.6) is 0 Å². The molecule has 3 saturated heterocycles. The lowest BCUT2D eigenvalue weighted by atomic mass is 10.00. The molecule has 7 nitrogen and oxygen atoms in total. The van der Waals surface area contributed by atoms with Gasteiger partial charge in [-0.1, -0.05) is 0 Å². The van der Waals surface area contributed by atoms with Crippen molar-refractivity contribution in [1.82, 2.24) is 26.2 Å². The largest absolute Gasteiger partial charge is 0.314 e. The molecular weight excluding hydrogens is 270 g/mol. The van der Waals surface area contributed by atoms with Crippen LogP contribution in [0, 0.1) is 0 Å². The standard InChI is InChI=1S/C14H25N5O2/c20-13-7-10(8-14(21)18-13)17-12-2-1-11(9-16-12)19-5-3-15-4-6-19/h10-12,15-17H,1-9H2,(H,18,20,21). The van der Waals surface area contributed by atoms with Gasteiger partial charge in [0.05, 0.1) is 6.17 Å². The molecule has 3 aliphatic heterocycles. The Bertz CT molecular complexity index is 373. The number of hydrogen-bond donors (Lipinski definition) is 4. The van der Waals surface area contributed by atoms with E-state index >= 15 is 0 Å². The molecule has 0 bridgehead atoms. The second-order valence-corrected chi connectivity index (χ2v) is 6.22. The average molecular weight is 295 g/mol. The molecular formula is C14H25N5O2. The first kappa shape index (κ1) is 14.9. The van der Waals surface area contributed by atoms with Gasteiger partial charge in [-0.15, -0.1) is 0 Å². The molecule has 0 aromatic rings. The highest BCUT2D eigenvalue weighted by Gasteiger charge is 2.30. The third-order valence-corrected chi connectivity index (χ3v) is 4.64. The maximum Gasteiger partial charge on any atom is 0.228 e. The van der Waals surface area contributed by atoms with Crippen molar-refractivity contribution >= 4 is 11.8 Å². The molecule has 0 aromatic carbocycles. The van der Waals surface area contributed by atoms with E-state index in [1.165, 1.54) is 0 Å². The quantitative estimate of drug-likeness (QED) is 0.468. The van der Waals surface area contributed by atoms with Crippen molar-refractivity contribution in [2.75, 3.05) is 32.7 Å². The number of hydrogen-bond acceptors (Lipinski definition) is 6. The maximum atomic E-state index is 11.4. The Hall–Kier alpha value is -1.02. The van der Waals surface area contributed by atoms with Gasteiger partial charge in [0.1, 0.15) is 0 Å². The van der Waals surface area contributed by atoms with Gasteiger partial charge in [0.25, 0.3) is 0 Å². The van der Waals surface area contributed by atoms with E-state index in [1.807, 2.05) is 0 Å². The van der Waals surface area contributed by atoms with E-state index in [0.29, 0.717) is 18.9 Å². The number of nitrogens with zero attached hydrogens (tertiary/aromatic N) is 1. The van der Waals surface area contributed by atoms with Crippen LogP contribution in [0.3, 0.4) is 0 Å². The molecule has 118 valence electrons. The molecule has 2 atom stereocenters. The van der Waals surface area contributed by atoms with E-state index in [4.69, 9.17) is 0 Å². The number of rotatable bonds is 3. The van der Waals surface area contributed by atoms with Crippen LogP contribution in [0.15, 0.2) is 0 Å². The Labute approximate surface area is 125 Å². The summed E-state index contributed by atoms with van der Waals surface area (Å²) >= 11 is 0. The summed E-state index contributed by atoms with van der Waals surface area (Å²) in [6.07, 6.45) is 3.21. The lowest BCUT2D eigenvalue weighted by Gasteiger charge is -2.40. The summed E-state index contributed by atoms with van der Waals surface area (Å²) < 4.78 is 0. The zero-order chi connectivity index (χ0) is 14.7. The van der Waals surface area contributed by atoms with Crippen LogP contribution in [-0.2, 0) is 9.59 Å². The molecule has 21 heavy (non-hydrogen) atoms. The van der Waals surface area contributed by atoms with Gasteiger partial charge in [0.2, 0.25) is 11.8 Å². The SMILES string of the molecule is O=C1CC(NC2CCC(N3CCNCC3)CN2)CC(=O)N1. The predicted octanol–water partition coefficient (Wildman–Crippen LogP) is -1.64. The summed E-state index contributed by atoms with van der Waals surface area (Å²) in [5.74, 6) is -0.337. The van der Waals surface area contributed by atoms with Gasteiger partial charge in [-0.3, -0.25) is 25.1 Å². The first-order chi connectivity index (χ1) is 10.2. The molecule has 4 N–H and O–H groups in total. The molecule has 3 heterocycles. The fourth-order valence-corrected chi connectivity index (χ4v) is 3.52. The van der Waals surface area contributed by atoms with Crippen LogP contribution in [0.25, 0.3) is 0 Å². The Kier molecular flexibility index (Phi) is 4.84. The maximum absolute atomic E-state index is 11.4. The molecule has 0 radical (unpaired) electrons. The summed E-state index contributed by atoms with van der Waals surface area (Å²) in [5, 5.41) is 12.7. The van der Waals surface area contributed by atoms with Gasteiger partial charge in [0.15, 0.2) is 0 Å². The Morgan fingerprint density at radius 3 is 2.38 bits per heavy atom. The van der Waals surface area contributed by atoms with Gasteiger partial charge >= 0.3 is 0 Å². The van der Waals surface area contributed by atoms with Crippen molar-refractivity contribution in [3.05, 3.63) is 0 Å². The Balaban J connectivity index is 1.43. The zero-order valence-corrected chi connectivity index (χ0v) is 12.4. The lowest BCUT2D eigenvalue weighted by Crippen LogP contribution is -2.60. The van der Waals surface area contributed by atoms with E-state index in [-0.39, 0.29) is 24.0 Å². The number of amides is 2. The molecule has 3 fully saturated rings. The van der Waals surface area contributed by atoms with Gasteiger partial charge in [-0.2, -0.15) is 0 Å². The van der Waals surface area contributed by atoms with Crippen molar-refractivity contribution in [2.24, 2.45) is 0 Å². The minimum atomic E-state index is -0.168. The van der Waals surface area contributed by atoms with E-state index < -0.39 is 0 Å². The Morgan fingerprint density at radius 2 is 1.76 bits per heavy atom. The smallest absolute Gasteiger partial charge is 0.228 e. The molecule has 2 amide bonds. The molecule has 2 unspecified atom stereocenters. The molecule has 0 saturated carbocycles. The molecule has 7 heteroatoms. The van der Waals surface area contributed by atoms with Crippen molar-refractivity contribution in [3.63, 3.8) is 0 Å². The second kappa shape index (κ2) is 6.83. The van der Waals surface area contributed by atoms with Gasteiger partial charge < -0.3 is 10.6 Å². The number of nitrogens with one attached hydrogen (secondary N) is 4. The second-order valence-electron chi connectivity index (χ2n) is 6.22. The van der Waals surface area contributed by atoms with Crippen LogP contribution in [0.1, 0.15) is 25.7 Å². The number of imide groups is 1. The minimum Gasteiger partial charge on any atom is -0.314 e. The van der Waals surface area contributed by atoms with Crippen molar-refractivity contribution in [2.45, 2.75) is 43.9 Å². The van der Waals surface area contributed by atoms with E-state index in [1.54, 1.807) is 0 Å². The molecule has 0 spiro atoms. The van der Waals surface area contributed by atoms with Gasteiger partial charge in [0, 0.05) is 57.6 Å². The third kappa shape index (κ3) is 4.00. The molecule has 0 aromatic heterocycles. The van der Waals surface area contributed by atoms with Crippen LogP contribution >= 0.6 is 0 Å². The normalized spacial score (nSPS) is 33.0. The molecule has 0 aliphatic carbocycles. The average Bonchev–Trinajstić information content (AvgIpc) is 2.48. The summed E-state index contributed by atoms with van der Waals surface area (Å²) in [6, 6.07) is 0.584. The first-order valence-corrected chi connectivity index (χ1v) is 7.97.